The Morgan fingerprint density at radius 2 is 0.614 bits per heavy atom. The molecule has 0 aromatic rings. The second kappa shape index (κ2) is 39.9. The van der Waals surface area contributed by atoms with Crippen LogP contribution in [0.4, 0.5) is 0 Å². The molecule has 44 heavy (non-hydrogen) atoms. The summed E-state index contributed by atoms with van der Waals surface area (Å²) >= 11 is 0. The van der Waals surface area contributed by atoms with Gasteiger partial charge in [0.25, 0.3) is 0 Å². The van der Waals surface area contributed by atoms with E-state index >= 15 is 0 Å². The van der Waals surface area contributed by atoms with Crippen LogP contribution in [0, 0.1) is 0 Å². The third-order valence-corrected chi connectivity index (χ3v) is 6.81. The molecule has 0 heterocycles. The number of carboxylic acid groups (broad SMARTS) is 2. The molecule has 0 bridgehead atoms. The summed E-state index contributed by atoms with van der Waals surface area (Å²) < 4.78 is 0. The molecule has 4 nitrogen and oxygen atoms in total. The van der Waals surface area contributed by atoms with Gasteiger partial charge in [-0.1, -0.05) is 202 Å². The topological polar surface area (TPSA) is 74.6 Å². The maximum atomic E-state index is 10.2. The van der Waals surface area contributed by atoms with Gasteiger partial charge in [0.05, 0.1) is 0 Å². The van der Waals surface area contributed by atoms with Crippen molar-refractivity contribution in [2.75, 3.05) is 0 Å². The molecule has 0 atom stereocenters. The summed E-state index contributed by atoms with van der Waals surface area (Å²) in [4.78, 5) is 20.4. The predicted molar refractivity (Wildman–Crippen MR) is 192 cm³/mol. The smallest absolute Gasteiger partial charge is 0.328 e. The summed E-state index contributed by atoms with van der Waals surface area (Å²) in [6, 6.07) is 0. The molecule has 0 aliphatic carbocycles. The highest BCUT2D eigenvalue weighted by atomic mass is 16.4. The quantitative estimate of drug-likeness (QED) is 0.0526. The van der Waals surface area contributed by atoms with Crippen LogP contribution in [0.2, 0.25) is 0 Å². The van der Waals surface area contributed by atoms with Crippen LogP contribution >= 0.6 is 0 Å². The molecule has 2 N–H and O–H groups in total. The van der Waals surface area contributed by atoms with Gasteiger partial charge in [0, 0.05) is 12.2 Å². The normalized spacial score (nSPS) is 12.4. The fourth-order valence-electron chi connectivity index (χ4n) is 4.28. The van der Waals surface area contributed by atoms with E-state index in [-0.39, 0.29) is 0 Å². The summed E-state index contributed by atoms with van der Waals surface area (Å²) in [5, 5.41) is 16.8. The van der Waals surface area contributed by atoms with Crippen molar-refractivity contribution < 1.29 is 19.8 Å². The van der Waals surface area contributed by atoms with E-state index in [2.05, 4.69) is 38.2 Å². The molecular weight excluding hydrogens is 544 g/mol. The number of allylic oxidation sites excluding steroid dienone is 14. The van der Waals surface area contributed by atoms with E-state index in [0.29, 0.717) is 0 Å². The zero-order valence-corrected chi connectivity index (χ0v) is 28.1. The van der Waals surface area contributed by atoms with E-state index in [0.717, 1.165) is 25.0 Å². The van der Waals surface area contributed by atoms with Gasteiger partial charge < -0.3 is 10.2 Å². The van der Waals surface area contributed by atoms with Crippen molar-refractivity contribution in [3.63, 3.8) is 0 Å². The van der Waals surface area contributed by atoms with Gasteiger partial charge in [0.15, 0.2) is 0 Å². The van der Waals surface area contributed by atoms with Gasteiger partial charge >= 0.3 is 11.9 Å². The minimum Gasteiger partial charge on any atom is -0.478 e. The number of aliphatic carboxylic acids is 2. The van der Waals surface area contributed by atoms with Crippen LogP contribution in [-0.2, 0) is 9.59 Å². The highest BCUT2D eigenvalue weighted by molar-refractivity contribution is 5.80. The third kappa shape index (κ3) is 45.8. The van der Waals surface area contributed by atoms with Crippen LogP contribution in [-0.4, -0.2) is 22.2 Å². The number of carboxylic acids is 2. The summed E-state index contributed by atoms with van der Waals surface area (Å²) in [5.74, 6) is -1.84. The Balaban J connectivity index is 0. The van der Waals surface area contributed by atoms with E-state index in [1.165, 1.54) is 128 Å². The molecule has 0 aromatic carbocycles. The number of hydrogen-bond acceptors (Lipinski definition) is 2. The van der Waals surface area contributed by atoms with Gasteiger partial charge in [-0.3, -0.25) is 0 Å². The van der Waals surface area contributed by atoms with Crippen LogP contribution in [0.3, 0.4) is 0 Å². The second-order valence-corrected chi connectivity index (χ2v) is 11.0. The fraction of sp³-hybridized carbons (Fsp3) is 0.550. The van der Waals surface area contributed by atoms with E-state index < -0.39 is 11.9 Å². The van der Waals surface area contributed by atoms with Gasteiger partial charge in [-0.2, -0.15) is 0 Å². The molecule has 0 radical (unpaired) electrons. The Labute approximate surface area is 270 Å². The SMILES string of the molecule is CCCCCCCCCCC/C=C/C=C/C=C/C=C/C(=O)O.CCCCCCCCCCC/C=C/C=C/C=C/C=C/C(=O)O. The third-order valence-electron chi connectivity index (χ3n) is 6.81. The Hall–Kier alpha value is -3.14. The van der Waals surface area contributed by atoms with Crippen molar-refractivity contribution in [2.24, 2.45) is 0 Å². The number of hydrogen-bond donors (Lipinski definition) is 2. The molecule has 0 fully saturated rings. The van der Waals surface area contributed by atoms with Crippen molar-refractivity contribution in [3.8, 4) is 0 Å². The van der Waals surface area contributed by atoms with E-state index in [4.69, 9.17) is 10.2 Å². The lowest BCUT2D eigenvalue weighted by Crippen LogP contribution is -1.84. The Morgan fingerprint density at radius 1 is 0.364 bits per heavy atom. The summed E-state index contributed by atoms with van der Waals surface area (Å²) in [6.07, 6.45) is 55.5. The molecule has 0 amide bonds. The first-order chi connectivity index (χ1) is 21.5. The van der Waals surface area contributed by atoms with Crippen LogP contribution in [0.25, 0.3) is 0 Å². The molecule has 0 saturated heterocycles. The molecule has 0 spiro atoms. The molecular formula is C40H64O4. The first-order valence-electron chi connectivity index (χ1n) is 17.3. The predicted octanol–water partition coefficient (Wildman–Crippen LogP) is 12.4. The molecule has 0 rings (SSSR count). The van der Waals surface area contributed by atoms with E-state index in [1.807, 2.05) is 36.5 Å². The Bertz CT molecular complexity index is 796. The highest BCUT2D eigenvalue weighted by Crippen LogP contribution is 2.11. The molecule has 4 heteroatoms. The number of unbranched alkanes of at least 4 members (excludes halogenated alkanes) is 18. The zero-order chi connectivity index (χ0) is 32.6. The maximum absolute atomic E-state index is 10.2. The molecule has 0 unspecified atom stereocenters. The van der Waals surface area contributed by atoms with Gasteiger partial charge in [0.2, 0.25) is 0 Å². The molecule has 0 aromatic heterocycles. The largest absolute Gasteiger partial charge is 0.478 e. The molecule has 0 saturated carbocycles. The standard InChI is InChI=1S/2C20H32O2/c2*1-2-3-4-5-6-7-8-9-10-11-12-13-14-15-16-17-18-19-20(21)22/h2*12-19H,2-11H2,1H3,(H,21,22)/b2*13-12+,15-14+,17-16+,19-18+. The Morgan fingerprint density at radius 3 is 0.909 bits per heavy atom. The van der Waals surface area contributed by atoms with Gasteiger partial charge in [-0.25, -0.2) is 9.59 Å². The van der Waals surface area contributed by atoms with Gasteiger partial charge in [0.1, 0.15) is 0 Å². The van der Waals surface area contributed by atoms with E-state index in [9.17, 15) is 9.59 Å². The van der Waals surface area contributed by atoms with Gasteiger partial charge in [-0.05, 0) is 25.7 Å². The minimum absolute atomic E-state index is 0.922. The fourth-order valence-corrected chi connectivity index (χ4v) is 4.28. The molecule has 0 aliphatic rings. The first-order valence-corrected chi connectivity index (χ1v) is 17.3. The van der Waals surface area contributed by atoms with Crippen LogP contribution < -0.4 is 0 Å². The number of rotatable bonds is 28. The monoisotopic (exact) mass is 608 g/mol. The average molecular weight is 609 g/mol. The Kier molecular flexibility index (Phi) is 38.9. The van der Waals surface area contributed by atoms with Crippen molar-refractivity contribution in [2.45, 2.75) is 142 Å². The summed E-state index contributed by atoms with van der Waals surface area (Å²) in [6.45, 7) is 4.52. The van der Waals surface area contributed by atoms with Crippen LogP contribution in [0.5, 0.6) is 0 Å². The molecule has 248 valence electrons. The number of carbonyl (C=O) groups is 2. The van der Waals surface area contributed by atoms with Gasteiger partial charge in [-0.15, -0.1) is 0 Å². The maximum Gasteiger partial charge on any atom is 0.328 e. The summed E-state index contributed by atoms with van der Waals surface area (Å²) in [7, 11) is 0. The average Bonchev–Trinajstić information content (AvgIpc) is 3.00. The second-order valence-electron chi connectivity index (χ2n) is 11.0. The first kappa shape index (κ1) is 43.0. The lowest BCUT2D eigenvalue weighted by molar-refractivity contribution is -0.132. The van der Waals surface area contributed by atoms with Crippen molar-refractivity contribution >= 4 is 11.9 Å². The minimum atomic E-state index is -0.922. The lowest BCUT2D eigenvalue weighted by atomic mass is 10.1. The summed E-state index contributed by atoms with van der Waals surface area (Å²) in [5.41, 5.74) is 0. The lowest BCUT2D eigenvalue weighted by Gasteiger charge is -2.00. The van der Waals surface area contributed by atoms with Crippen molar-refractivity contribution in [1.29, 1.82) is 0 Å². The molecule has 0 aliphatic heterocycles. The zero-order valence-electron chi connectivity index (χ0n) is 28.1. The van der Waals surface area contributed by atoms with Crippen LogP contribution in [0.15, 0.2) is 97.2 Å². The van der Waals surface area contributed by atoms with Crippen LogP contribution in [0.1, 0.15) is 142 Å². The highest BCUT2D eigenvalue weighted by Gasteiger charge is 1.92. The van der Waals surface area contributed by atoms with Crippen molar-refractivity contribution in [1.82, 2.24) is 0 Å². The van der Waals surface area contributed by atoms with E-state index in [1.54, 1.807) is 12.2 Å². The van der Waals surface area contributed by atoms with Crippen molar-refractivity contribution in [3.05, 3.63) is 97.2 Å².